The summed E-state index contributed by atoms with van der Waals surface area (Å²) >= 11 is 0. The van der Waals surface area contributed by atoms with Crippen LogP contribution in [-0.4, -0.2) is 45.9 Å². The summed E-state index contributed by atoms with van der Waals surface area (Å²) < 4.78 is 0. The zero-order chi connectivity index (χ0) is 16.3. The Morgan fingerprint density at radius 2 is 2.08 bits per heavy atom. The lowest BCUT2D eigenvalue weighted by molar-refractivity contribution is 0.0859. The fourth-order valence-corrected chi connectivity index (χ4v) is 4.10. The van der Waals surface area contributed by atoms with Gasteiger partial charge in [0.15, 0.2) is 5.82 Å². The van der Waals surface area contributed by atoms with Crippen molar-refractivity contribution in [2.45, 2.75) is 37.8 Å². The number of imidazole rings is 1. The molecule has 5 rings (SSSR count). The van der Waals surface area contributed by atoms with Crippen molar-refractivity contribution in [2.24, 2.45) is 4.99 Å². The summed E-state index contributed by atoms with van der Waals surface area (Å²) in [7, 11) is 1.80. The Labute approximate surface area is 140 Å². The van der Waals surface area contributed by atoms with Gasteiger partial charge in [-0.15, -0.1) is 0 Å². The van der Waals surface area contributed by atoms with E-state index >= 15 is 0 Å². The third kappa shape index (κ3) is 1.85. The standard InChI is InChI=1S/C18H19N5O/c1-22-17(24)15-16(23-13-9-5-8-12(13)19-18(22)23)21-14(20-15)10-11-6-3-2-4-7-11/h2-4,6-7,12-13H,5,8-10H2,1H3,(H,20,21)/t12-,13?/m1/s1. The summed E-state index contributed by atoms with van der Waals surface area (Å²) in [5.41, 5.74) is 1.77. The number of carbonyl (C=O) groups is 1. The van der Waals surface area contributed by atoms with E-state index in [0.717, 1.165) is 30.4 Å². The summed E-state index contributed by atoms with van der Waals surface area (Å²) in [6.45, 7) is 0. The Morgan fingerprint density at radius 1 is 1.25 bits per heavy atom. The highest BCUT2D eigenvalue weighted by molar-refractivity contribution is 6.18. The van der Waals surface area contributed by atoms with Gasteiger partial charge in [0.25, 0.3) is 5.91 Å². The number of H-pyrrole nitrogens is 1. The molecule has 1 fully saturated rings. The summed E-state index contributed by atoms with van der Waals surface area (Å²) in [6.07, 6.45) is 4.10. The molecule has 1 N–H and O–H groups in total. The summed E-state index contributed by atoms with van der Waals surface area (Å²) in [5.74, 6) is 2.31. The molecule has 3 heterocycles. The third-order valence-electron chi connectivity index (χ3n) is 5.27. The van der Waals surface area contributed by atoms with Crippen LogP contribution >= 0.6 is 0 Å². The second-order valence-electron chi connectivity index (χ2n) is 6.77. The highest BCUT2D eigenvalue weighted by Crippen LogP contribution is 2.39. The van der Waals surface area contributed by atoms with Gasteiger partial charge in [0, 0.05) is 13.5 Å². The number of aromatic nitrogens is 2. The molecule has 122 valence electrons. The molecule has 1 saturated carbocycles. The van der Waals surface area contributed by atoms with Crippen LogP contribution in [0.2, 0.25) is 0 Å². The normalized spacial score (nSPS) is 24.7. The van der Waals surface area contributed by atoms with Crippen molar-refractivity contribution < 1.29 is 4.79 Å². The van der Waals surface area contributed by atoms with Crippen LogP contribution in [-0.2, 0) is 6.42 Å². The van der Waals surface area contributed by atoms with E-state index in [-0.39, 0.29) is 5.91 Å². The molecule has 0 radical (unpaired) electrons. The van der Waals surface area contributed by atoms with Crippen LogP contribution in [0.15, 0.2) is 35.3 Å². The van der Waals surface area contributed by atoms with Gasteiger partial charge in [0.05, 0.1) is 12.1 Å². The Kier molecular flexibility index (Phi) is 2.83. The molecule has 2 aromatic rings. The van der Waals surface area contributed by atoms with Crippen LogP contribution < -0.4 is 4.90 Å². The topological polar surface area (TPSA) is 64.6 Å². The Hall–Kier alpha value is -2.63. The van der Waals surface area contributed by atoms with Crippen molar-refractivity contribution >= 4 is 17.7 Å². The highest BCUT2D eigenvalue weighted by Gasteiger charge is 2.48. The van der Waals surface area contributed by atoms with Crippen LogP contribution in [0.5, 0.6) is 0 Å². The molecule has 0 saturated heterocycles. The summed E-state index contributed by atoms with van der Waals surface area (Å²) in [4.78, 5) is 29.4. The first-order valence-electron chi connectivity index (χ1n) is 8.50. The van der Waals surface area contributed by atoms with Gasteiger partial charge >= 0.3 is 0 Å². The number of fused-ring (bicyclic) bond motifs is 5. The number of nitrogens with one attached hydrogen (secondary N) is 1. The van der Waals surface area contributed by atoms with E-state index in [4.69, 9.17) is 9.98 Å². The average Bonchev–Trinajstić information content (AvgIpc) is 3.27. The van der Waals surface area contributed by atoms with Crippen LogP contribution in [0.25, 0.3) is 0 Å². The molecule has 1 unspecified atom stereocenters. The van der Waals surface area contributed by atoms with E-state index in [9.17, 15) is 4.79 Å². The van der Waals surface area contributed by atoms with Crippen LogP contribution in [0, 0.1) is 0 Å². The quantitative estimate of drug-likeness (QED) is 0.922. The molecular weight excluding hydrogens is 302 g/mol. The number of rotatable bonds is 2. The van der Waals surface area contributed by atoms with Crippen molar-refractivity contribution in [3.8, 4) is 0 Å². The number of benzene rings is 1. The van der Waals surface area contributed by atoms with E-state index in [1.54, 1.807) is 11.9 Å². The highest BCUT2D eigenvalue weighted by atomic mass is 16.2. The third-order valence-corrected chi connectivity index (χ3v) is 5.27. The lowest BCUT2D eigenvalue weighted by Gasteiger charge is -2.33. The molecule has 1 amide bonds. The largest absolute Gasteiger partial charge is 0.336 e. The van der Waals surface area contributed by atoms with Gasteiger partial charge in [-0.25, -0.2) is 9.98 Å². The smallest absolute Gasteiger partial charge is 0.280 e. The number of hydrogen-bond acceptors (Lipinski definition) is 4. The van der Waals surface area contributed by atoms with Crippen molar-refractivity contribution in [3.05, 3.63) is 47.4 Å². The van der Waals surface area contributed by atoms with Crippen LogP contribution in [0.1, 0.15) is 41.1 Å². The van der Waals surface area contributed by atoms with Gasteiger partial charge in [0.1, 0.15) is 11.5 Å². The van der Waals surface area contributed by atoms with E-state index in [0.29, 0.717) is 24.2 Å². The maximum atomic E-state index is 12.7. The Bertz CT molecular complexity index is 840. The number of aromatic amines is 1. The second-order valence-corrected chi connectivity index (χ2v) is 6.77. The lowest BCUT2D eigenvalue weighted by Crippen LogP contribution is -2.51. The molecular formula is C18H19N5O. The predicted molar refractivity (Wildman–Crippen MR) is 91.3 cm³/mol. The molecule has 0 spiro atoms. The molecule has 3 aliphatic rings. The van der Waals surface area contributed by atoms with Gasteiger partial charge in [-0.3, -0.25) is 14.6 Å². The number of amides is 1. The number of nitrogens with zero attached hydrogens (tertiary/aromatic N) is 4. The number of anilines is 1. The van der Waals surface area contributed by atoms with Gasteiger partial charge in [-0.05, 0) is 24.8 Å². The maximum absolute atomic E-state index is 12.7. The minimum absolute atomic E-state index is 0.0493. The number of aliphatic imine (C=N–C) groups is 1. The maximum Gasteiger partial charge on any atom is 0.280 e. The number of guanidine groups is 1. The molecule has 6 heteroatoms. The van der Waals surface area contributed by atoms with E-state index < -0.39 is 0 Å². The number of carbonyl (C=O) groups excluding carboxylic acids is 1. The number of hydrogen-bond donors (Lipinski definition) is 1. The summed E-state index contributed by atoms with van der Waals surface area (Å²) in [6, 6.07) is 10.8. The molecule has 6 nitrogen and oxygen atoms in total. The molecule has 1 aromatic carbocycles. The SMILES string of the molecule is CN1C(=O)c2[nH]c(Cc3ccccc3)nc2N2C1=N[C@@H]1CCCC12. The van der Waals surface area contributed by atoms with Gasteiger partial charge in [-0.1, -0.05) is 30.3 Å². The average molecular weight is 321 g/mol. The van der Waals surface area contributed by atoms with E-state index in [1.165, 1.54) is 12.0 Å². The van der Waals surface area contributed by atoms with Crippen molar-refractivity contribution in [1.82, 2.24) is 14.9 Å². The molecule has 2 aliphatic heterocycles. The van der Waals surface area contributed by atoms with Crippen LogP contribution in [0.4, 0.5) is 5.82 Å². The van der Waals surface area contributed by atoms with Crippen molar-refractivity contribution in [1.29, 1.82) is 0 Å². The Balaban J connectivity index is 1.56. The van der Waals surface area contributed by atoms with Gasteiger partial charge in [0.2, 0.25) is 5.96 Å². The molecule has 2 atom stereocenters. The zero-order valence-electron chi connectivity index (χ0n) is 13.6. The first-order valence-corrected chi connectivity index (χ1v) is 8.50. The fraction of sp³-hybridized carbons (Fsp3) is 0.389. The predicted octanol–water partition coefficient (Wildman–Crippen LogP) is 2.18. The zero-order valence-corrected chi connectivity index (χ0v) is 13.6. The first kappa shape index (κ1) is 13.8. The van der Waals surface area contributed by atoms with E-state index in [2.05, 4.69) is 22.0 Å². The Morgan fingerprint density at radius 3 is 2.92 bits per heavy atom. The molecule has 1 aliphatic carbocycles. The summed E-state index contributed by atoms with van der Waals surface area (Å²) in [5, 5.41) is 0. The van der Waals surface area contributed by atoms with Crippen LogP contribution in [0.3, 0.4) is 0 Å². The van der Waals surface area contributed by atoms with Crippen molar-refractivity contribution in [2.75, 3.05) is 11.9 Å². The molecule has 1 aromatic heterocycles. The minimum atomic E-state index is -0.0493. The first-order chi connectivity index (χ1) is 11.7. The lowest BCUT2D eigenvalue weighted by atomic mass is 10.1. The van der Waals surface area contributed by atoms with Gasteiger partial charge < -0.3 is 4.98 Å². The molecule has 24 heavy (non-hydrogen) atoms. The monoisotopic (exact) mass is 321 g/mol. The minimum Gasteiger partial charge on any atom is -0.336 e. The van der Waals surface area contributed by atoms with Crippen molar-refractivity contribution in [3.63, 3.8) is 0 Å². The molecule has 0 bridgehead atoms. The second kappa shape index (κ2) is 4.93. The van der Waals surface area contributed by atoms with E-state index in [1.807, 2.05) is 18.2 Å². The van der Waals surface area contributed by atoms with Gasteiger partial charge in [-0.2, -0.15) is 0 Å². The fourth-order valence-electron chi connectivity index (χ4n) is 4.10.